The van der Waals surface area contributed by atoms with Gasteiger partial charge in [-0.05, 0) is 46.0 Å². The van der Waals surface area contributed by atoms with Gasteiger partial charge < -0.3 is 4.42 Å². The second-order valence-electron chi connectivity index (χ2n) is 12.2. The number of aromatic nitrogens is 4. The lowest BCUT2D eigenvalue weighted by Gasteiger charge is -2.09. The van der Waals surface area contributed by atoms with Crippen LogP contribution in [-0.2, 0) is 0 Å². The van der Waals surface area contributed by atoms with Gasteiger partial charge in [0, 0.05) is 39.2 Å². The van der Waals surface area contributed by atoms with Crippen LogP contribution < -0.4 is 0 Å². The summed E-state index contributed by atoms with van der Waals surface area (Å²) in [7, 11) is 0. The fourth-order valence-electron chi connectivity index (χ4n) is 6.54. The summed E-state index contributed by atoms with van der Waals surface area (Å²) in [6.07, 6.45) is 3.67. The van der Waals surface area contributed by atoms with Gasteiger partial charge in [0.15, 0.2) is 23.1 Å². The predicted octanol–water partition coefficient (Wildman–Crippen LogP) is 11.0. The van der Waals surface area contributed by atoms with Gasteiger partial charge in [-0.15, -0.1) is 0 Å². The first-order valence-corrected chi connectivity index (χ1v) is 16.6. The summed E-state index contributed by atoms with van der Waals surface area (Å²) < 4.78 is 6.42. The number of fused-ring (bicyclic) bond motifs is 3. The Morgan fingerprint density at radius 3 is 1.63 bits per heavy atom. The molecule has 0 fully saturated rings. The fraction of sp³-hybridized carbons (Fsp3) is 0. The van der Waals surface area contributed by atoms with E-state index in [1.807, 2.05) is 103 Å². The lowest BCUT2D eigenvalue weighted by atomic mass is 9.98. The molecule has 0 saturated heterocycles. The summed E-state index contributed by atoms with van der Waals surface area (Å²) >= 11 is 0. The highest BCUT2D eigenvalue weighted by Gasteiger charge is 2.17. The SMILES string of the molecule is N#Cc1ccccc1-c1ccc(-c2nc(-c3ccccc3)nc(-c3ccc4c(c3)oc3cncc(-c5ccc(-c6ccccc6)cc5)c34)n2)cc1. The van der Waals surface area contributed by atoms with E-state index in [0.29, 0.717) is 28.6 Å². The monoisotopic (exact) mass is 653 g/mol. The van der Waals surface area contributed by atoms with Crippen LogP contribution in [-0.4, -0.2) is 19.9 Å². The third-order valence-corrected chi connectivity index (χ3v) is 9.11. The van der Waals surface area contributed by atoms with E-state index < -0.39 is 0 Å². The first kappa shape index (κ1) is 29.9. The average Bonchev–Trinajstić information content (AvgIpc) is 3.60. The van der Waals surface area contributed by atoms with Crippen molar-refractivity contribution in [2.24, 2.45) is 0 Å². The van der Waals surface area contributed by atoms with Gasteiger partial charge in [0.1, 0.15) is 5.58 Å². The van der Waals surface area contributed by atoms with E-state index in [1.165, 1.54) is 5.56 Å². The van der Waals surface area contributed by atoms with Crippen molar-refractivity contribution in [3.63, 3.8) is 0 Å². The number of hydrogen-bond donors (Lipinski definition) is 0. The van der Waals surface area contributed by atoms with Crippen molar-refractivity contribution in [2.45, 2.75) is 0 Å². The summed E-state index contributed by atoms with van der Waals surface area (Å²) in [5, 5.41) is 11.6. The molecule has 0 radical (unpaired) electrons. The van der Waals surface area contributed by atoms with Crippen LogP contribution in [0.4, 0.5) is 0 Å². The molecule has 3 aromatic heterocycles. The van der Waals surface area contributed by atoms with Crippen LogP contribution in [0.25, 0.3) is 89.5 Å². The van der Waals surface area contributed by atoms with Gasteiger partial charge in [-0.2, -0.15) is 5.26 Å². The molecule has 0 aliphatic heterocycles. The molecule has 0 N–H and O–H groups in total. The number of furan rings is 1. The largest absolute Gasteiger partial charge is 0.454 e. The third kappa shape index (κ3) is 5.59. The second-order valence-corrected chi connectivity index (χ2v) is 12.2. The van der Waals surface area contributed by atoms with Crippen molar-refractivity contribution < 1.29 is 4.42 Å². The molecule has 0 unspecified atom stereocenters. The van der Waals surface area contributed by atoms with Gasteiger partial charge in [-0.3, -0.25) is 4.98 Å². The Labute approximate surface area is 294 Å². The van der Waals surface area contributed by atoms with Crippen molar-refractivity contribution in [3.05, 3.63) is 170 Å². The van der Waals surface area contributed by atoms with Crippen molar-refractivity contribution in [3.8, 4) is 73.6 Å². The molecule has 51 heavy (non-hydrogen) atoms. The molecule has 3 heterocycles. The molecule has 6 aromatic carbocycles. The number of rotatable bonds is 6. The van der Waals surface area contributed by atoms with Crippen LogP contribution >= 0.6 is 0 Å². The average molecular weight is 654 g/mol. The Morgan fingerprint density at radius 1 is 0.431 bits per heavy atom. The summed E-state index contributed by atoms with van der Waals surface area (Å²) in [6, 6.07) is 52.8. The van der Waals surface area contributed by atoms with E-state index in [9.17, 15) is 5.26 Å². The van der Waals surface area contributed by atoms with Crippen molar-refractivity contribution >= 4 is 21.9 Å². The molecule has 0 spiro atoms. The molecule has 0 saturated carbocycles. The molecular formula is C45H27N5O. The number of hydrogen-bond acceptors (Lipinski definition) is 6. The smallest absolute Gasteiger partial charge is 0.164 e. The number of nitrogens with zero attached hydrogens (tertiary/aromatic N) is 5. The van der Waals surface area contributed by atoms with Gasteiger partial charge >= 0.3 is 0 Å². The summed E-state index contributed by atoms with van der Waals surface area (Å²) in [4.78, 5) is 19.3. The summed E-state index contributed by atoms with van der Waals surface area (Å²) in [6.45, 7) is 0. The topological polar surface area (TPSA) is 88.5 Å². The van der Waals surface area contributed by atoms with Crippen LogP contribution in [0, 0.1) is 11.3 Å². The summed E-state index contributed by atoms with van der Waals surface area (Å²) in [5.41, 5.74) is 10.8. The molecule has 0 aliphatic rings. The van der Waals surface area contributed by atoms with Crippen LogP contribution in [0.15, 0.2) is 168 Å². The molecule has 238 valence electrons. The number of nitriles is 1. The lowest BCUT2D eigenvalue weighted by Crippen LogP contribution is -2.00. The van der Waals surface area contributed by atoms with E-state index in [4.69, 9.17) is 19.4 Å². The predicted molar refractivity (Wildman–Crippen MR) is 202 cm³/mol. The zero-order chi connectivity index (χ0) is 34.1. The number of pyridine rings is 1. The zero-order valence-corrected chi connectivity index (χ0v) is 27.2. The van der Waals surface area contributed by atoms with Gasteiger partial charge in [0.25, 0.3) is 0 Å². The minimum absolute atomic E-state index is 0.537. The maximum Gasteiger partial charge on any atom is 0.164 e. The van der Waals surface area contributed by atoms with Crippen molar-refractivity contribution in [1.29, 1.82) is 5.26 Å². The Morgan fingerprint density at radius 2 is 0.941 bits per heavy atom. The minimum Gasteiger partial charge on any atom is -0.454 e. The first-order chi connectivity index (χ1) is 25.2. The molecule has 6 heteroatoms. The lowest BCUT2D eigenvalue weighted by molar-refractivity contribution is 0.667. The fourth-order valence-corrected chi connectivity index (χ4v) is 6.54. The maximum absolute atomic E-state index is 9.62. The highest BCUT2D eigenvalue weighted by Crippen LogP contribution is 2.38. The van der Waals surface area contributed by atoms with E-state index in [-0.39, 0.29) is 0 Å². The molecule has 0 amide bonds. The molecule has 9 rings (SSSR count). The van der Waals surface area contributed by atoms with Crippen LogP contribution in [0.1, 0.15) is 5.56 Å². The highest BCUT2D eigenvalue weighted by atomic mass is 16.3. The number of benzene rings is 6. The van der Waals surface area contributed by atoms with Gasteiger partial charge in [-0.1, -0.05) is 133 Å². The van der Waals surface area contributed by atoms with Crippen LogP contribution in [0.5, 0.6) is 0 Å². The molecular weight excluding hydrogens is 627 g/mol. The van der Waals surface area contributed by atoms with Crippen molar-refractivity contribution in [2.75, 3.05) is 0 Å². The molecule has 0 aliphatic carbocycles. The Bertz CT molecular complexity index is 2730. The Balaban J connectivity index is 1.12. The second kappa shape index (κ2) is 12.7. The minimum atomic E-state index is 0.537. The molecule has 0 bridgehead atoms. The van der Waals surface area contributed by atoms with Crippen LogP contribution in [0.3, 0.4) is 0 Å². The maximum atomic E-state index is 9.62. The van der Waals surface area contributed by atoms with E-state index in [1.54, 1.807) is 6.20 Å². The highest BCUT2D eigenvalue weighted by molar-refractivity contribution is 6.12. The van der Waals surface area contributed by atoms with Gasteiger partial charge in [0.2, 0.25) is 0 Å². The van der Waals surface area contributed by atoms with Crippen LogP contribution in [0.2, 0.25) is 0 Å². The van der Waals surface area contributed by atoms with Gasteiger partial charge in [-0.25, -0.2) is 15.0 Å². The molecule has 6 nitrogen and oxygen atoms in total. The Kier molecular flexibility index (Phi) is 7.42. The normalized spacial score (nSPS) is 11.1. The third-order valence-electron chi connectivity index (χ3n) is 9.11. The van der Waals surface area contributed by atoms with E-state index in [0.717, 1.165) is 60.9 Å². The van der Waals surface area contributed by atoms with E-state index in [2.05, 4.69) is 65.7 Å². The quantitative estimate of drug-likeness (QED) is 0.177. The van der Waals surface area contributed by atoms with Crippen molar-refractivity contribution in [1.82, 2.24) is 19.9 Å². The summed E-state index contributed by atoms with van der Waals surface area (Å²) in [5.74, 6) is 1.66. The standard InChI is InChI=1S/C45H27N5O/c46-26-36-13-7-8-14-37(36)31-19-21-34(22-20-31)44-48-43(33-11-5-2-6-12-33)49-45(50-44)35-23-24-38-40(25-35)51-41-28-47-27-39(42(38)41)32-17-15-30(16-18-32)29-9-3-1-4-10-29/h1-25,27-28H. The van der Waals surface area contributed by atoms with E-state index >= 15 is 0 Å². The molecule has 9 aromatic rings. The first-order valence-electron chi connectivity index (χ1n) is 16.6. The zero-order valence-electron chi connectivity index (χ0n) is 27.2. The molecule has 0 atom stereocenters. The Hall–Kier alpha value is -7.23. The van der Waals surface area contributed by atoms with Gasteiger partial charge in [0.05, 0.1) is 17.8 Å².